The summed E-state index contributed by atoms with van der Waals surface area (Å²) in [5.41, 5.74) is 4.07. The second-order valence-electron chi connectivity index (χ2n) is 5.03. The summed E-state index contributed by atoms with van der Waals surface area (Å²) in [4.78, 5) is 11.8. The second-order valence-corrected chi connectivity index (χ2v) is 5.03. The average molecular weight is 286 g/mol. The maximum absolute atomic E-state index is 12.8. The molecule has 0 saturated heterocycles. The van der Waals surface area contributed by atoms with E-state index in [1.807, 2.05) is 6.07 Å². The van der Waals surface area contributed by atoms with E-state index in [0.29, 0.717) is 18.7 Å². The Bertz CT molecular complexity index is 623. The lowest BCUT2D eigenvalue weighted by molar-refractivity contribution is -0.115. The molecular formula is C17H19FN2O. The predicted molar refractivity (Wildman–Crippen MR) is 84.1 cm³/mol. The van der Waals surface area contributed by atoms with Gasteiger partial charge in [0.1, 0.15) is 5.82 Å². The largest absolute Gasteiger partial charge is 0.385 e. The highest BCUT2D eigenvalue weighted by Gasteiger charge is 2.03. The van der Waals surface area contributed by atoms with Gasteiger partial charge in [0.25, 0.3) is 0 Å². The van der Waals surface area contributed by atoms with E-state index >= 15 is 0 Å². The van der Waals surface area contributed by atoms with Crippen LogP contribution in [0.1, 0.15) is 17.5 Å². The molecule has 0 aliphatic rings. The summed E-state index contributed by atoms with van der Waals surface area (Å²) in [5, 5.41) is 5.95. The first kappa shape index (κ1) is 15.0. The summed E-state index contributed by atoms with van der Waals surface area (Å²) in [5.74, 6) is -0.414. The molecule has 0 heterocycles. The standard InChI is InChI=1S/C17H19FN2O/c1-12-3-6-16(11-13(12)2)19-10-9-17(21)20-15-7-4-14(18)5-8-15/h3-8,11,19H,9-10H2,1-2H3,(H,20,21). The number of nitrogens with one attached hydrogen (secondary N) is 2. The smallest absolute Gasteiger partial charge is 0.226 e. The van der Waals surface area contributed by atoms with Crippen molar-refractivity contribution in [2.45, 2.75) is 20.3 Å². The molecule has 1 amide bonds. The maximum atomic E-state index is 12.8. The number of carbonyl (C=O) groups is 1. The Morgan fingerprint density at radius 1 is 1.00 bits per heavy atom. The Kier molecular flexibility index (Phi) is 4.93. The summed E-state index contributed by atoms with van der Waals surface area (Å²) in [6, 6.07) is 11.9. The minimum atomic E-state index is -0.315. The number of halogens is 1. The van der Waals surface area contributed by atoms with Crippen molar-refractivity contribution in [3.05, 3.63) is 59.4 Å². The molecule has 110 valence electrons. The van der Waals surface area contributed by atoms with Gasteiger partial charge in [-0.05, 0) is 61.4 Å². The molecule has 2 aromatic carbocycles. The number of hydrogen-bond acceptors (Lipinski definition) is 2. The van der Waals surface area contributed by atoms with Crippen LogP contribution in [-0.4, -0.2) is 12.5 Å². The van der Waals surface area contributed by atoms with Gasteiger partial charge in [-0.25, -0.2) is 4.39 Å². The third-order valence-electron chi connectivity index (χ3n) is 3.32. The van der Waals surface area contributed by atoms with Gasteiger partial charge < -0.3 is 10.6 Å². The Morgan fingerprint density at radius 2 is 1.67 bits per heavy atom. The van der Waals surface area contributed by atoms with Crippen molar-refractivity contribution < 1.29 is 9.18 Å². The molecule has 2 N–H and O–H groups in total. The van der Waals surface area contributed by atoms with Crippen LogP contribution in [0, 0.1) is 19.7 Å². The van der Waals surface area contributed by atoms with E-state index in [0.717, 1.165) is 5.69 Å². The summed E-state index contributed by atoms with van der Waals surface area (Å²) in [7, 11) is 0. The van der Waals surface area contributed by atoms with Crippen LogP contribution in [-0.2, 0) is 4.79 Å². The Balaban J connectivity index is 1.78. The molecular weight excluding hydrogens is 267 g/mol. The molecule has 21 heavy (non-hydrogen) atoms. The van der Waals surface area contributed by atoms with Crippen molar-refractivity contribution in [2.24, 2.45) is 0 Å². The molecule has 0 aliphatic heterocycles. The van der Waals surface area contributed by atoms with Crippen LogP contribution in [0.2, 0.25) is 0 Å². The zero-order valence-corrected chi connectivity index (χ0v) is 12.2. The molecule has 0 saturated carbocycles. The number of hydrogen-bond donors (Lipinski definition) is 2. The lowest BCUT2D eigenvalue weighted by Gasteiger charge is -2.09. The van der Waals surface area contributed by atoms with Gasteiger partial charge in [0.2, 0.25) is 5.91 Å². The number of benzene rings is 2. The highest BCUT2D eigenvalue weighted by atomic mass is 19.1. The normalized spacial score (nSPS) is 10.2. The van der Waals surface area contributed by atoms with E-state index in [1.54, 1.807) is 12.1 Å². The minimum Gasteiger partial charge on any atom is -0.385 e. The number of aryl methyl sites for hydroxylation is 2. The summed E-state index contributed by atoms with van der Waals surface area (Å²) in [6.45, 7) is 4.67. The summed E-state index contributed by atoms with van der Waals surface area (Å²) in [6.07, 6.45) is 0.351. The Hall–Kier alpha value is -2.36. The van der Waals surface area contributed by atoms with Crippen LogP contribution >= 0.6 is 0 Å². The van der Waals surface area contributed by atoms with Crippen LogP contribution in [0.15, 0.2) is 42.5 Å². The predicted octanol–water partition coefficient (Wildman–Crippen LogP) is 3.88. The van der Waals surface area contributed by atoms with E-state index in [4.69, 9.17) is 0 Å². The van der Waals surface area contributed by atoms with E-state index in [1.165, 1.54) is 23.3 Å². The lowest BCUT2D eigenvalue weighted by atomic mass is 10.1. The van der Waals surface area contributed by atoms with Gasteiger partial charge in [0, 0.05) is 24.3 Å². The molecule has 0 unspecified atom stereocenters. The van der Waals surface area contributed by atoms with Crippen molar-refractivity contribution in [1.82, 2.24) is 0 Å². The van der Waals surface area contributed by atoms with Crippen LogP contribution < -0.4 is 10.6 Å². The SMILES string of the molecule is Cc1ccc(NCCC(=O)Nc2ccc(F)cc2)cc1C. The Labute approximate surface area is 124 Å². The maximum Gasteiger partial charge on any atom is 0.226 e. The molecule has 0 fully saturated rings. The van der Waals surface area contributed by atoms with E-state index < -0.39 is 0 Å². The fourth-order valence-electron chi connectivity index (χ4n) is 1.93. The van der Waals surface area contributed by atoms with Crippen molar-refractivity contribution in [3.8, 4) is 0 Å². The van der Waals surface area contributed by atoms with E-state index in [2.05, 4.69) is 36.6 Å². The molecule has 0 bridgehead atoms. The first-order chi connectivity index (χ1) is 10.0. The Morgan fingerprint density at radius 3 is 2.33 bits per heavy atom. The van der Waals surface area contributed by atoms with E-state index in [9.17, 15) is 9.18 Å². The zero-order valence-electron chi connectivity index (χ0n) is 12.2. The number of anilines is 2. The van der Waals surface area contributed by atoms with Gasteiger partial charge in [-0.2, -0.15) is 0 Å². The molecule has 2 rings (SSSR count). The molecule has 3 nitrogen and oxygen atoms in total. The first-order valence-electron chi connectivity index (χ1n) is 6.91. The van der Waals surface area contributed by atoms with Gasteiger partial charge in [0.15, 0.2) is 0 Å². The third kappa shape index (κ3) is 4.60. The molecule has 2 aromatic rings. The highest BCUT2D eigenvalue weighted by Crippen LogP contribution is 2.14. The van der Waals surface area contributed by atoms with Crippen molar-refractivity contribution >= 4 is 17.3 Å². The van der Waals surface area contributed by atoms with Gasteiger partial charge in [-0.15, -0.1) is 0 Å². The first-order valence-corrected chi connectivity index (χ1v) is 6.91. The second kappa shape index (κ2) is 6.88. The van der Waals surface area contributed by atoms with E-state index in [-0.39, 0.29) is 11.7 Å². The number of carbonyl (C=O) groups excluding carboxylic acids is 1. The van der Waals surface area contributed by atoms with Gasteiger partial charge >= 0.3 is 0 Å². The van der Waals surface area contributed by atoms with Crippen LogP contribution in [0.25, 0.3) is 0 Å². The lowest BCUT2D eigenvalue weighted by Crippen LogP contribution is -2.16. The molecule has 0 aromatic heterocycles. The monoisotopic (exact) mass is 286 g/mol. The molecule has 0 aliphatic carbocycles. The number of amides is 1. The highest BCUT2D eigenvalue weighted by molar-refractivity contribution is 5.90. The average Bonchev–Trinajstić information content (AvgIpc) is 2.45. The van der Waals surface area contributed by atoms with Gasteiger partial charge in [-0.3, -0.25) is 4.79 Å². The van der Waals surface area contributed by atoms with Crippen LogP contribution in [0.5, 0.6) is 0 Å². The zero-order chi connectivity index (χ0) is 15.2. The quantitative estimate of drug-likeness (QED) is 0.875. The van der Waals surface area contributed by atoms with Crippen LogP contribution in [0.3, 0.4) is 0 Å². The van der Waals surface area contributed by atoms with Gasteiger partial charge in [0.05, 0.1) is 0 Å². The third-order valence-corrected chi connectivity index (χ3v) is 3.32. The molecule has 0 spiro atoms. The van der Waals surface area contributed by atoms with Crippen LogP contribution in [0.4, 0.5) is 15.8 Å². The fraction of sp³-hybridized carbons (Fsp3) is 0.235. The van der Waals surface area contributed by atoms with Crippen molar-refractivity contribution in [1.29, 1.82) is 0 Å². The summed E-state index contributed by atoms with van der Waals surface area (Å²) < 4.78 is 12.8. The van der Waals surface area contributed by atoms with Crippen molar-refractivity contribution in [2.75, 3.05) is 17.2 Å². The molecule has 4 heteroatoms. The molecule has 0 atom stereocenters. The molecule has 0 radical (unpaired) electrons. The fourth-order valence-corrected chi connectivity index (χ4v) is 1.93. The van der Waals surface area contributed by atoms with Crippen molar-refractivity contribution in [3.63, 3.8) is 0 Å². The summed E-state index contributed by atoms with van der Waals surface area (Å²) >= 11 is 0. The minimum absolute atomic E-state index is 0.0991. The number of rotatable bonds is 5. The van der Waals surface area contributed by atoms with Gasteiger partial charge in [-0.1, -0.05) is 6.07 Å². The topological polar surface area (TPSA) is 41.1 Å².